The van der Waals surface area contributed by atoms with Crippen LogP contribution in [0.15, 0.2) is 109 Å². The summed E-state index contributed by atoms with van der Waals surface area (Å²) >= 11 is 0. The van der Waals surface area contributed by atoms with E-state index in [2.05, 4.69) is 48.4 Å². The van der Waals surface area contributed by atoms with Crippen molar-refractivity contribution in [2.24, 2.45) is 0 Å². The number of nitrogens with one attached hydrogen (secondary N) is 1. The molecule has 0 spiro atoms. The molecule has 0 aromatic heterocycles. The van der Waals surface area contributed by atoms with Crippen molar-refractivity contribution in [2.45, 2.75) is 109 Å². The molecule has 2 amide bonds. The van der Waals surface area contributed by atoms with Gasteiger partial charge in [0.05, 0.1) is 6.61 Å². The third-order valence-corrected chi connectivity index (χ3v) is 9.75. The summed E-state index contributed by atoms with van der Waals surface area (Å²) in [6.45, 7) is 5.98. The van der Waals surface area contributed by atoms with E-state index in [1.165, 1.54) is 43.2 Å². The highest BCUT2D eigenvalue weighted by Gasteiger charge is 2.38. The van der Waals surface area contributed by atoms with Gasteiger partial charge in [-0.15, -0.1) is 0 Å². The van der Waals surface area contributed by atoms with Crippen LogP contribution in [-0.4, -0.2) is 30.1 Å². The first kappa shape index (κ1) is 40.7. The van der Waals surface area contributed by atoms with E-state index in [0.717, 1.165) is 61.0 Å². The SMILES string of the molecule is Cc1cc(C)cc(CN(CCCCCCCCCCCCOC(=O)CCCC(C#[N+][O-])(c2ccccc2)c2ccccc2)C(=O)Nc2ccccc2)c1. The molecule has 7 nitrogen and oxygen atoms in total. The molecule has 0 heterocycles. The van der Waals surface area contributed by atoms with E-state index in [9.17, 15) is 14.8 Å². The summed E-state index contributed by atoms with van der Waals surface area (Å²) in [6.07, 6.45) is 12.5. The summed E-state index contributed by atoms with van der Waals surface area (Å²) in [5.41, 5.74) is 5.45. The van der Waals surface area contributed by atoms with E-state index < -0.39 is 5.41 Å². The number of para-hydroxylation sites is 1. The quantitative estimate of drug-likeness (QED) is 0.0498. The van der Waals surface area contributed by atoms with Crippen LogP contribution >= 0.6 is 0 Å². The van der Waals surface area contributed by atoms with Crippen LogP contribution in [-0.2, 0) is 21.5 Å². The van der Waals surface area contributed by atoms with Gasteiger partial charge in [0.25, 0.3) is 0 Å². The number of benzene rings is 4. The summed E-state index contributed by atoms with van der Waals surface area (Å²) in [7, 11) is 0. The van der Waals surface area contributed by atoms with Gasteiger partial charge < -0.3 is 20.2 Å². The highest BCUT2D eigenvalue weighted by atomic mass is 16.5. The minimum Gasteiger partial charge on any atom is -0.498 e. The van der Waals surface area contributed by atoms with E-state index in [-0.39, 0.29) is 18.4 Å². The maximum absolute atomic E-state index is 13.2. The number of carbonyl (C=O) groups is 2. The zero-order valence-electron chi connectivity index (χ0n) is 31.7. The molecule has 0 fully saturated rings. The summed E-state index contributed by atoms with van der Waals surface area (Å²) in [4.78, 5) is 27.7. The minimum absolute atomic E-state index is 0.0553. The zero-order chi connectivity index (χ0) is 37.6. The molecule has 0 saturated heterocycles. The number of aryl methyl sites for hydroxylation is 2. The number of amides is 2. The Morgan fingerprint density at radius 2 is 1.21 bits per heavy atom. The van der Waals surface area contributed by atoms with Gasteiger partial charge >= 0.3 is 18.1 Å². The van der Waals surface area contributed by atoms with Crippen molar-refractivity contribution in [1.82, 2.24) is 4.90 Å². The van der Waals surface area contributed by atoms with E-state index in [1.807, 2.05) is 95.9 Å². The van der Waals surface area contributed by atoms with E-state index in [4.69, 9.17) is 4.74 Å². The molecule has 0 aliphatic rings. The molecule has 0 aliphatic carbocycles. The fraction of sp³-hybridized carbons (Fsp3) is 0.413. The van der Waals surface area contributed by atoms with Crippen LogP contribution in [0.4, 0.5) is 10.5 Å². The van der Waals surface area contributed by atoms with Crippen molar-refractivity contribution in [3.63, 3.8) is 0 Å². The molecule has 53 heavy (non-hydrogen) atoms. The van der Waals surface area contributed by atoms with Crippen molar-refractivity contribution in [1.29, 1.82) is 0 Å². The molecule has 0 atom stereocenters. The van der Waals surface area contributed by atoms with Gasteiger partial charge in [0.15, 0.2) is 5.41 Å². The lowest BCUT2D eigenvalue weighted by Crippen LogP contribution is -2.35. The van der Waals surface area contributed by atoms with E-state index in [0.29, 0.717) is 26.0 Å². The summed E-state index contributed by atoms with van der Waals surface area (Å²) in [5, 5.41) is 17.6. The molecular formula is C46H57N3O4. The van der Waals surface area contributed by atoms with Gasteiger partial charge in [-0.3, -0.25) is 4.79 Å². The Morgan fingerprint density at radius 1 is 0.698 bits per heavy atom. The smallest absolute Gasteiger partial charge is 0.322 e. The fourth-order valence-electron chi connectivity index (χ4n) is 7.10. The standard InChI is InChI=1S/C46H57N3O4/c1-38-33-39(2)35-40(34-38)36-49(45(51)48-43-27-18-13-19-28-43)31-20-9-7-5-3-4-6-8-10-21-32-53-44(50)29-22-30-46(37-47-52,41-23-14-11-15-24-41)42-25-16-12-17-26-42/h11-19,23-28,33-35H,3-10,20-22,29-32,36H2,1-2H3,(H,48,51). The number of hydrogen-bond acceptors (Lipinski definition) is 4. The maximum atomic E-state index is 13.2. The maximum Gasteiger partial charge on any atom is 0.322 e. The Labute approximate surface area is 317 Å². The van der Waals surface area contributed by atoms with Crippen LogP contribution in [0.25, 0.3) is 5.01 Å². The second-order valence-corrected chi connectivity index (χ2v) is 14.2. The van der Waals surface area contributed by atoms with Gasteiger partial charge in [-0.25, -0.2) is 4.79 Å². The number of unbranched alkanes of at least 4 members (excludes halogenated alkanes) is 9. The molecule has 0 bridgehead atoms. The zero-order valence-corrected chi connectivity index (χ0v) is 31.7. The number of ether oxygens (including phenoxy) is 1. The molecule has 4 aromatic carbocycles. The van der Waals surface area contributed by atoms with E-state index >= 15 is 0 Å². The lowest BCUT2D eigenvalue weighted by Gasteiger charge is -2.25. The summed E-state index contributed by atoms with van der Waals surface area (Å²) in [5.74, 6) is -0.204. The Morgan fingerprint density at radius 3 is 1.75 bits per heavy atom. The molecule has 4 aromatic rings. The van der Waals surface area contributed by atoms with Gasteiger partial charge in [0.2, 0.25) is 0 Å². The number of nitrogens with zero attached hydrogens (tertiary/aromatic N) is 2. The molecule has 1 N–H and O–H groups in total. The predicted molar refractivity (Wildman–Crippen MR) is 217 cm³/mol. The lowest BCUT2D eigenvalue weighted by molar-refractivity contribution is -0.143. The normalized spacial score (nSPS) is 11.0. The molecule has 280 valence electrons. The topological polar surface area (TPSA) is 86.1 Å². The molecule has 0 radical (unpaired) electrons. The average Bonchev–Trinajstić information content (AvgIpc) is 3.16. The highest BCUT2D eigenvalue weighted by Crippen LogP contribution is 2.37. The molecule has 0 aliphatic heterocycles. The third-order valence-electron chi connectivity index (χ3n) is 9.75. The average molecular weight is 716 g/mol. The fourth-order valence-corrected chi connectivity index (χ4v) is 7.10. The number of hydrogen-bond donors (Lipinski definition) is 1. The van der Waals surface area contributed by atoms with Gasteiger partial charge in [-0.05, 0) is 68.4 Å². The Balaban J connectivity index is 1.06. The van der Waals surface area contributed by atoms with Crippen LogP contribution < -0.4 is 5.32 Å². The van der Waals surface area contributed by atoms with Crippen molar-refractivity contribution in [3.8, 4) is 6.07 Å². The van der Waals surface area contributed by atoms with Crippen LogP contribution in [0.5, 0.6) is 0 Å². The number of esters is 1. The molecule has 0 unspecified atom stereocenters. The van der Waals surface area contributed by atoms with Gasteiger partial charge in [0, 0.05) is 30.2 Å². The lowest BCUT2D eigenvalue weighted by atomic mass is 9.72. The van der Waals surface area contributed by atoms with E-state index in [1.54, 1.807) is 0 Å². The van der Waals surface area contributed by atoms with Crippen LogP contribution in [0, 0.1) is 25.1 Å². The second-order valence-electron chi connectivity index (χ2n) is 14.2. The number of urea groups is 1. The van der Waals surface area contributed by atoms with Crippen LogP contribution in [0.2, 0.25) is 0 Å². The largest absolute Gasteiger partial charge is 0.498 e. The number of carbonyl (C=O) groups excluding carboxylic acids is 2. The molecule has 0 saturated carbocycles. The van der Waals surface area contributed by atoms with Crippen LogP contribution in [0.3, 0.4) is 0 Å². The number of anilines is 1. The Kier molecular flexibility index (Phi) is 17.5. The van der Waals surface area contributed by atoms with Crippen molar-refractivity contribution in [3.05, 3.63) is 147 Å². The molecule has 4 rings (SSSR count). The van der Waals surface area contributed by atoms with Crippen LogP contribution in [0.1, 0.15) is 111 Å². The highest BCUT2D eigenvalue weighted by molar-refractivity contribution is 5.89. The van der Waals surface area contributed by atoms with Gasteiger partial charge in [0.1, 0.15) is 0 Å². The second kappa shape index (κ2) is 22.8. The summed E-state index contributed by atoms with van der Waals surface area (Å²) in [6, 6.07) is 38.5. The molecular weight excluding hydrogens is 659 g/mol. The Bertz CT molecular complexity index is 1660. The first-order valence-electron chi connectivity index (χ1n) is 19.4. The first-order valence-corrected chi connectivity index (χ1v) is 19.4. The third kappa shape index (κ3) is 14.1. The number of rotatable bonds is 22. The predicted octanol–water partition coefficient (Wildman–Crippen LogP) is 11.8. The Hall–Kier alpha value is -5.09. The van der Waals surface area contributed by atoms with Crippen molar-refractivity contribution >= 4 is 17.7 Å². The van der Waals surface area contributed by atoms with Gasteiger partial charge in [-0.2, -0.15) is 0 Å². The molecule has 7 heteroatoms. The summed E-state index contributed by atoms with van der Waals surface area (Å²) < 4.78 is 5.54. The first-order chi connectivity index (χ1) is 25.9. The van der Waals surface area contributed by atoms with Gasteiger partial charge in [-0.1, -0.05) is 160 Å². The minimum atomic E-state index is -0.812. The van der Waals surface area contributed by atoms with Crippen molar-refractivity contribution < 1.29 is 14.3 Å². The monoisotopic (exact) mass is 715 g/mol. The van der Waals surface area contributed by atoms with Crippen molar-refractivity contribution in [2.75, 3.05) is 18.5 Å².